The Morgan fingerprint density at radius 3 is 2.67 bits per heavy atom. The van der Waals surface area contributed by atoms with E-state index in [4.69, 9.17) is 4.74 Å². The molecule has 9 heteroatoms. The first-order valence-electron chi connectivity index (χ1n) is 10.6. The van der Waals surface area contributed by atoms with E-state index < -0.39 is 34.9 Å². The number of rotatable bonds is 4. The van der Waals surface area contributed by atoms with Gasteiger partial charge in [0.2, 0.25) is 0 Å². The summed E-state index contributed by atoms with van der Waals surface area (Å²) in [6.07, 6.45) is 1.65. The van der Waals surface area contributed by atoms with E-state index >= 15 is 4.39 Å². The highest BCUT2D eigenvalue weighted by atomic mass is 19.2. The molecule has 0 unspecified atom stereocenters. The summed E-state index contributed by atoms with van der Waals surface area (Å²) in [6.45, 7) is 5.44. The van der Waals surface area contributed by atoms with Gasteiger partial charge in [-0.1, -0.05) is 13.8 Å². The standard InChI is InChI=1S/C24H22F3N3O3/c1-11(2)22-18(13-8-24(3,23(31)32)33-10-13)19-17(6-12-9-28-29-21(12)20(19)27)30(22)14-4-5-15(25)16(26)7-14/h4-7,9,11,13H,8,10H2,1-3H3,(H,28,29)(H,31,32)/t13-,24+/m0/s1. The molecule has 3 heterocycles. The predicted molar refractivity (Wildman–Crippen MR) is 116 cm³/mol. The summed E-state index contributed by atoms with van der Waals surface area (Å²) in [5.41, 5.74) is 0.944. The summed E-state index contributed by atoms with van der Waals surface area (Å²) < 4.78 is 51.2. The Kier molecular flexibility index (Phi) is 4.79. The second-order valence-electron chi connectivity index (χ2n) is 9.05. The van der Waals surface area contributed by atoms with Gasteiger partial charge in [-0.05, 0) is 43.0 Å². The summed E-state index contributed by atoms with van der Waals surface area (Å²) in [5.74, 6) is -4.16. The monoisotopic (exact) mass is 457 g/mol. The fourth-order valence-electron chi connectivity index (χ4n) is 4.94. The molecule has 0 spiro atoms. The smallest absolute Gasteiger partial charge is 0.335 e. The number of halogens is 3. The van der Waals surface area contributed by atoms with Crippen molar-refractivity contribution < 1.29 is 27.8 Å². The lowest BCUT2D eigenvalue weighted by atomic mass is 9.86. The zero-order valence-electron chi connectivity index (χ0n) is 18.2. The third-order valence-electron chi connectivity index (χ3n) is 6.49. The van der Waals surface area contributed by atoms with Gasteiger partial charge in [0, 0.05) is 34.1 Å². The van der Waals surface area contributed by atoms with Crippen LogP contribution in [0.2, 0.25) is 0 Å². The summed E-state index contributed by atoms with van der Waals surface area (Å²) in [7, 11) is 0. The van der Waals surface area contributed by atoms with Gasteiger partial charge < -0.3 is 14.4 Å². The number of benzene rings is 2. The predicted octanol–water partition coefficient (Wildman–Crippen LogP) is 5.39. The van der Waals surface area contributed by atoms with Crippen LogP contribution in [0.3, 0.4) is 0 Å². The Morgan fingerprint density at radius 2 is 2.03 bits per heavy atom. The lowest BCUT2D eigenvalue weighted by Crippen LogP contribution is -2.34. The Balaban J connectivity index is 1.88. The number of nitrogens with one attached hydrogen (secondary N) is 1. The van der Waals surface area contributed by atoms with Gasteiger partial charge in [-0.3, -0.25) is 5.10 Å². The largest absolute Gasteiger partial charge is 0.479 e. The average molecular weight is 457 g/mol. The van der Waals surface area contributed by atoms with Gasteiger partial charge in [0.25, 0.3) is 0 Å². The minimum Gasteiger partial charge on any atom is -0.479 e. The lowest BCUT2D eigenvalue weighted by molar-refractivity contribution is -0.157. The van der Waals surface area contributed by atoms with Crippen LogP contribution in [0.4, 0.5) is 13.2 Å². The third kappa shape index (κ3) is 3.13. The van der Waals surface area contributed by atoms with E-state index in [2.05, 4.69) is 10.2 Å². The van der Waals surface area contributed by atoms with Crippen LogP contribution in [-0.2, 0) is 9.53 Å². The van der Waals surface area contributed by atoms with E-state index in [1.807, 2.05) is 13.8 Å². The molecule has 33 heavy (non-hydrogen) atoms. The molecule has 1 saturated heterocycles. The van der Waals surface area contributed by atoms with Gasteiger partial charge in [0.1, 0.15) is 5.52 Å². The molecule has 2 aromatic carbocycles. The van der Waals surface area contributed by atoms with Gasteiger partial charge in [-0.2, -0.15) is 5.10 Å². The number of carboxylic acid groups (broad SMARTS) is 1. The maximum Gasteiger partial charge on any atom is 0.335 e. The number of ether oxygens (including phenoxy) is 1. The average Bonchev–Trinajstić information content (AvgIpc) is 3.46. The van der Waals surface area contributed by atoms with Crippen molar-refractivity contribution in [1.29, 1.82) is 0 Å². The third-order valence-corrected chi connectivity index (χ3v) is 6.49. The summed E-state index contributed by atoms with van der Waals surface area (Å²) >= 11 is 0. The van der Waals surface area contributed by atoms with Gasteiger partial charge in [-0.25, -0.2) is 18.0 Å². The van der Waals surface area contributed by atoms with Gasteiger partial charge in [-0.15, -0.1) is 0 Å². The minimum atomic E-state index is -1.40. The highest BCUT2D eigenvalue weighted by Gasteiger charge is 2.45. The van der Waals surface area contributed by atoms with Crippen molar-refractivity contribution >= 4 is 27.8 Å². The van der Waals surface area contributed by atoms with Crippen LogP contribution >= 0.6 is 0 Å². The second-order valence-corrected chi connectivity index (χ2v) is 9.05. The second kappa shape index (κ2) is 7.34. The molecule has 1 aliphatic heterocycles. The van der Waals surface area contributed by atoms with Crippen LogP contribution < -0.4 is 0 Å². The topological polar surface area (TPSA) is 80.1 Å². The van der Waals surface area contributed by atoms with Crippen molar-refractivity contribution in [3.8, 4) is 5.69 Å². The number of aromatic nitrogens is 3. The zero-order chi connectivity index (χ0) is 23.7. The van der Waals surface area contributed by atoms with Crippen LogP contribution in [0.5, 0.6) is 0 Å². The molecule has 0 aliphatic carbocycles. The number of carbonyl (C=O) groups is 1. The zero-order valence-corrected chi connectivity index (χ0v) is 18.2. The van der Waals surface area contributed by atoms with E-state index in [9.17, 15) is 18.7 Å². The molecule has 1 fully saturated rings. The number of aliphatic carboxylic acids is 1. The number of carboxylic acids is 1. The quantitative estimate of drug-likeness (QED) is 0.430. The van der Waals surface area contributed by atoms with Gasteiger partial charge in [0.15, 0.2) is 23.1 Å². The number of H-pyrrole nitrogens is 1. The molecule has 2 aromatic heterocycles. The lowest BCUT2D eigenvalue weighted by Gasteiger charge is -2.19. The van der Waals surface area contributed by atoms with Crippen LogP contribution in [0.15, 0.2) is 30.5 Å². The Morgan fingerprint density at radius 1 is 1.27 bits per heavy atom. The molecule has 5 rings (SSSR count). The molecule has 6 nitrogen and oxygen atoms in total. The van der Waals surface area contributed by atoms with Crippen LogP contribution in [-0.4, -0.2) is 38.0 Å². The van der Waals surface area contributed by atoms with Crippen molar-refractivity contribution in [2.75, 3.05) is 6.61 Å². The summed E-state index contributed by atoms with van der Waals surface area (Å²) in [4.78, 5) is 11.8. The highest BCUT2D eigenvalue weighted by molar-refractivity contribution is 6.00. The molecule has 2 atom stereocenters. The normalized spacial score (nSPS) is 21.0. The molecular formula is C24H22F3N3O3. The van der Waals surface area contributed by atoms with Crippen molar-refractivity contribution in [2.45, 2.75) is 44.6 Å². The van der Waals surface area contributed by atoms with E-state index in [0.29, 0.717) is 33.2 Å². The van der Waals surface area contributed by atoms with Crippen molar-refractivity contribution in [3.05, 3.63) is 59.2 Å². The first-order chi connectivity index (χ1) is 15.6. The van der Waals surface area contributed by atoms with Gasteiger partial charge >= 0.3 is 5.97 Å². The summed E-state index contributed by atoms with van der Waals surface area (Å²) in [5, 5.41) is 17.1. The molecular weight excluding hydrogens is 435 g/mol. The maximum atomic E-state index is 15.9. The Hall–Kier alpha value is -3.33. The van der Waals surface area contributed by atoms with Crippen LogP contribution in [0.1, 0.15) is 50.3 Å². The molecule has 2 N–H and O–H groups in total. The fraction of sp³-hybridized carbons (Fsp3) is 0.333. The molecule has 172 valence electrons. The molecule has 4 aromatic rings. The Bertz CT molecular complexity index is 1430. The first-order valence-corrected chi connectivity index (χ1v) is 10.6. The van der Waals surface area contributed by atoms with E-state index in [1.54, 1.807) is 10.6 Å². The fourth-order valence-corrected chi connectivity index (χ4v) is 4.94. The molecule has 0 radical (unpaired) electrons. The molecule has 1 aliphatic rings. The molecule has 0 saturated carbocycles. The van der Waals surface area contributed by atoms with Gasteiger partial charge in [0.05, 0.1) is 18.3 Å². The van der Waals surface area contributed by atoms with Crippen molar-refractivity contribution in [1.82, 2.24) is 14.8 Å². The number of hydrogen-bond donors (Lipinski definition) is 2. The first kappa shape index (κ1) is 21.5. The minimum absolute atomic E-state index is 0.0971. The number of aromatic amines is 1. The van der Waals surface area contributed by atoms with E-state index in [1.165, 1.54) is 19.2 Å². The summed E-state index contributed by atoms with van der Waals surface area (Å²) in [6, 6.07) is 5.30. The molecule has 0 amide bonds. The van der Waals surface area contributed by atoms with E-state index in [0.717, 1.165) is 12.1 Å². The number of nitrogens with zero attached hydrogens (tertiary/aromatic N) is 2. The SMILES string of the molecule is CC(C)c1c([C@@H]2CO[C@@](C)(C(=O)O)C2)c2c(F)c3[nH]ncc3cc2n1-c1ccc(F)c(F)c1. The van der Waals surface area contributed by atoms with Crippen molar-refractivity contribution in [2.24, 2.45) is 0 Å². The number of hydrogen-bond acceptors (Lipinski definition) is 3. The van der Waals surface area contributed by atoms with Crippen LogP contribution in [0, 0.1) is 17.5 Å². The maximum absolute atomic E-state index is 15.9. The Labute approximate surface area is 187 Å². The number of fused-ring (bicyclic) bond motifs is 2. The van der Waals surface area contributed by atoms with E-state index in [-0.39, 0.29) is 24.5 Å². The van der Waals surface area contributed by atoms with Crippen LogP contribution in [0.25, 0.3) is 27.5 Å². The molecule has 0 bridgehead atoms. The van der Waals surface area contributed by atoms with Crippen molar-refractivity contribution in [3.63, 3.8) is 0 Å². The highest BCUT2D eigenvalue weighted by Crippen LogP contribution is 2.46.